The Morgan fingerprint density at radius 2 is 1.87 bits per heavy atom. The van der Waals surface area contributed by atoms with Crippen molar-refractivity contribution in [3.63, 3.8) is 0 Å². The summed E-state index contributed by atoms with van der Waals surface area (Å²) in [6, 6.07) is 8.32. The first-order valence-corrected chi connectivity index (χ1v) is 7.71. The van der Waals surface area contributed by atoms with Crippen LogP contribution in [0.4, 0.5) is 0 Å². The Morgan fingerprint density at radius 3 is 2.48 bits per heavy atom. The smallest absolute Gasteiger partial charge is 0.259 e. The number of hydrogen-bond acceptors (Lipinski definition) is 5. The van der Waals surface area contributed by atoms with E-state index < -0.39 is 24.5 Å². The molecule has 1 aliphatic heterocycles. The molecule has 0 radical (unpaired) electrons. The lowest BCUT2D eigenvalue weighted by Gasteiger charge is -2.29. The van der Waals surface area contributed by atoms with Crippen molar-refractivity contribution in [3.05, 3.63) is 35.9 Å². The number of nitrogens with one attached hydrogen (secondary N) is 2. The molecule has 1 unspecified atom stereocenters. The van der Waals surface area contributed by atoms with Crippen molar-refractivity contribution in [3.8, 4) is 0 Å². The van der Waals surface area contributed by atoms with Gasteiger partial charge in [0.15, 0.2) is 0 Å². The molecule has 0 spiro atoms. The van der Waals surface area contributed by atoms with Crippen LogP contribution in [0.5, 0.6) is 0 Å². The number of aliphatic hydroxyl groups is 1. The molecular formula is C16H23N3O4. The number of rotatable bonds is 6. The van der Waals surface area contributed by atoms with Crippen molar-refractivity contribution in [1.29, 1.82) is 0 Å². The molecule has 2 amide bonds. The van der Waals surface area contributed by atoms with Crippen molar-refractivity contribution >= 4 is 11.8 Å². The molecule has 1 aromatic rings. The summed E-state index contributed by atoms with van der Waals surface area (Å²) in [4.78, 5) is 24.4. The molecule has 2 atom stereocenters. The molecule has 1 aromatic carbocycles. The van der Waals surface area contributed by atoms with Crippen molar-refractivity contribution in [2.45, 2.75) is 18.9 Å². The van der Waals surface area contributed by atoms with Crippen LogP contribution in [0.15, 0.2) is 30.3 Å². The van der Waals surface area contributed by atoms with Crippen LogP contribution in [-0.4, -0.2) is 60.9 Å². The highest BCUT2D eigenvalue weighted by atomic mass is 16.5. The van der Waals surface area contributed by atoms with Crippen molar-refractivity contribution in [1.82, 2.24) is 15.8 Å². The predicted molar refractivity (Wildman–Crippen MR) is 84.4 cm³/mol. The molecule has 1 heterocycles. The van der Waals surface area contributed by atoms with Gasteiger partial charge in [-0.25, -0.2) is 5.01 Å². The zero-order valence-corrected chi connectivity index (χ0v) is 13.2. The van der Waals surface area contributed by atoms with Gasteiger partial charge in [-0.05, 0) is 12.5 Å². The van der Waals surface area contributed by atoms with E-state index in [2.05, 4.69) is 10.7 Å². The number of nitrogens with zero attached hydrogens (tertiary/aromatic N) is 1. The second kappa shape index (κ2) is 8.61. The van der Waals surface area contributed by atoms with E-state index in [9.17, 15) is 14.7 Å². The van der Waals surface area contributed by atoms with Crippen molar-refractivity contribution in [2.24, 2.45) is 0 Å². The van der Waals surface area contributed by atoms with Gasteiger partial charge in [0.2, 0.25) is 5.91 Å². The molecular weight excluding hydrogens is 298 g/mol. The standard InChI is InChI=1S/C16H23N3O4/c1-12(13-5-3-2-4-6-13)15(21)17-14(11-20)16(22)18-19-7-9-23-10-8-19/h2-6,12,14,20H,7-11H2,1H3,(H,17,21)(H,18,22)/t12?,14-/m0/s1. The summed E-state index contributed by atoms with van der Waals surface area (Å²) in [5.74, 6) is -1.13. The Kier molecular flexibility index (Phi) is 6.52. The van der Waals surface area contributed by atoms with Gasteiger partial charge in [0.25, 0.3) is 5.91 Å². The predicted octanol–water partition coefficient (Wildman–Crippen LogP) is -0.369. The molecule has 1 saturated heterocycles. The van der Waals surface area contributed by atoms with Gasteiger partial charge in [0.1, 0.15) is 6.04 Å². The fourth-order valence-electron chi connectivity index (χ4n) is 2.29. The van der Waals surface area contributed by atoms with E-state index in [0.29, 0.717) is 26.3 Å². The lowest BCUT2D eigenvalue weighted by molar-refractivity contribution is -0.135. The highest BCUT2D eigenvalue weighted by molar-refractivity contribution is 5.90. The van der Waals surface area contributed by atoms with Gasteiger partial charge in [-0.15, -0.1) is 0 Å². The van der Waals surface area contributed by atoms with E-state index in [1.807, 2.05) is 30.3 Å². The third kappa shape index (κ3) is 5.02. The Labute approximate surface area is 135 Å². The SMILES string of the molecule is CC(C(=O)N[C@@H](CO)C(=O)NN1CCOCC1)c1ccccc1. The zero-order valence-electron chi connectivity index (χ0n) is 13.2. The molecule has 23 heavy (non-hydrogen) atoms. The van der Waals surface area contributed by atoms with E-state index >= 15 is 0 Å². The van der Waals surface area contributed by atoms with Gasteiger partial charge in [0.05, 0.1) is 25.7 Å². The second-order valence-corrected chi connectivity index (χ2v) is 5.45. The molecule has 126 valence electrons. The highest BCUT2D eigenvalue weighted by Gasteiger charge is 2.25. The number of ether oxygens (including phenoxy) is 1. The van der Waals surface area contributed by atoms with Gasteiger partial charge in [-0.2, -0.15) is 0 Å². The van der Waals surface area contributed by atoms with Crippen LogP contribution >= 0.6 is 0 Å². The lowest BCUT2D eigenvalue weighted by atomic mass is 10.00. The van der Waals surface area contributed by atoms with Crippen LogP contribution in [0.2, 0.25) is 0 Å². The summed E-state index contributed by atoms with van der Waals surface area (Å²) in [6.07, 6.45) is 0. The van der Waals surface area contributed by atoms with Crippen LogP contribution in [0.1, 0.15) is 18.4 Å². The summed E-state index contributed by atoms with van der Waals surface area (Å²) in [5.41, 5.74) is 3.55. The van der Waals surface area contributed by atoms with Crippen molar-refractivity contribution < 1.29 is 19.4 Å². The first-order chi connectivity index (χ1) is 11.1. The van der Waals surface area contributed by atoms with Crippen LogP contribution in [0.3, 0.4) is 0 Å². The molecule has 1 fully saturated rings. The summed E-state index contributed by atoms with van der Waals surface area (Å²) in [7, 11) is 0. The van der Waals surface area contributed by atoms with Crippen LogP contribution in [-0.2, 0) is 14.3 Å². The van der Waals surface area contributed by atoms with Crippen LogP contribution < -0.4 is 10.7 Å². The fraction of sp³-hybridized carbons (Fsp3) is 0.500. The first-order valence-electron chi connectivity index (χ1n) is 7.71. The molecule has 1 aliphatic rings. The molecule has 0 saturated carbocycles. The van der Waals surface area contributed by atoms with E-state index in [-0.39, 0.29) is 5.91 Å². The topological polar surface area (TPSA) is 90.9 Å². The molecule has 2 rings (SSSR count). The van der Waals surface area contributed by atoms with Gasteiger partial charge < -0.3 is 15.2 Å². The Bertz CT molecular complexity index is 517. The maximum absolute atomic E-state index is 12.3. The third-order valence-corrected chi connectivity index (χ3v) is 3.79. The van der Waals surface area contributed by atoms with Gasteiger partial charge in [-0.1, -0.05) is 30.3 Å². The summed E-state index contributed by atoms with van der Waals surface area (Å²) >= 11 is 0. The monoisotopic (exact) mass is 321 g/mol. The van der Waals surface area contributed by atoms with Gasteiger partial charge in [0, 0.05) is 13.1 Å². The van der Waals surface area contributed by atoms with E-state index in [1.165, 1.54) is 0 Å². The average Bonchev–Trinajstić information content (AvgIpc) is 2.60. The van der Waals surface area contributed by atoms with Crippen LogP contribution in [0, 0.1) is 0 Å². The second-order valence-electron chi connectivity index (χ2n) is 5.45. The number of hydrazine groups is 1. The Morgan fingerprint density at radius 1 is 1.22 bits per heavy atom. The van der Waals surface area contributed by atoms with Gasteiger partial charge >= 0.3 is 0 Å². The maximum Gasteiger partial charge on any atom is 0.259 e. The number of amides is 2. The number of aliphatic hydroxyl groups excluding tert-OH is 1. The summed E-state index contributed by atoms with van der Waals surface area (Å²) in [6.45, 7) is 3.56. The molecule has 3 N–H and O–H groups in total. The van der Waals surface area contributed by atoms with Crippen LogP contribution in [0.25, 0.3) is 0 Å². The quantitative estimate of drug-likeness (QED) is 0.665. The van der Waals surface area contributed by atoms with Gasteiger partial charge in [-0.3, -0.25) is 15.0 Å². The minimum absolute atomic E-state index is 0.299. The van der Waals surface area contributed by atoms with E-state index in [4.69, 9.17) is 4.74 Å². The van der Waals surface area contributed by atoms with Crippen molar-refractivity contribution in [2.75, 3.05) is 32.9 Å². The lowest BCUT2D eigenvalue weighted by Crippen LogP contribution is -2.56. The highest BCUT2D eigenvalue weighted by Crippen LogP contribution is 2.14. The summed E-state index contributed by atoms with van der Waals surface area (Å²) in [5, 5.41) is 13.7. The number of morpholine rings is 1. The fourth-order valence-corrected chi connectivity index (χ4v) is 2.29. The number of carbonyl (C=O) groups is 2. The Balaban J connectivity index is 1.89. The number of carbonyl (C=O) groups excluding carboxylic acids is 2. The largest absolute Gasteiger partial charge is 0.394 e. The number of benzene rings is 1. The molecule has 0 aromatic heterocycles. The number of hydrogen-bond donors (Lipinski definition) is 3. The zero-order chi connectivity index (χ0) is 16.7. The van der Waals surface area contributed by atoms with E-state index in [0.717, 1.165) is 5.56 Å². The normalized spacial score (nSPS) is 18.0. The molecule has 7 nitrogen and oxygen atoms in total. The molecule has 7 heteroatoms. The molecule has 0 aliphatic carbocycles. The van der Waals surface area contributed by atoms with E-state index in [1.54, 1.807) is 11.9 Å². The minimum Gasteiger partial charge on any atom is -0.394 e. The Hall–Kier alpha value is -1.96. The minimum atomic E-state index is -0.975. The maximum atomic E-state index is 12.3. The first kappa shape index (κ1) is 17.4. The average molecular weight is 321 g/mol. The summed E-state index contributed by atoms with van der Waals surface area (Å²) < 4.78 is 5.20. The molecule has 0 bridgehead atoms. The third-order valence-electron chi connectivity index (χ3n) is 3.79.